The average Bonchev–Trinajstić information content (AvgIpc) is 3.17. The highest BCUT2D eigenvalue weighted by atomic mass is 35.5. The van der Waals surface area contributed by atoms with Crippen molar-refractivity contribution < 1.29 is 13.9 Å². The molecule has 3 rings (SSSR count). The van der Waals surface area contributed by atoms with E-state index in [-0.39, 0.29) is 18.2 Å². The first-order valence-electron chi connectivity index (χ1n) is 9.32. The van der Waals surface area contributed by atoms with Gasteiger partial charge in [0, 0.05) is 30.7 Å². The van der Waals surface area contributed by atoms with Crippen LogP contribution in [0.25, 0.3) is 11.4 Å². The van der Waals surface area contributed by atoms with Crippen molar-refractivity contribution in [2.24, 2.45) is 0 Å². The lowest BCUT2D eigenvalue weighted by Gasteiger charge is -2.18. The molecule has 0 N–H and O–H groups in total. The molecule has 30 heavy (non-hydrogen) atoms. The van der Waals surface area contributed by atoms with Crippen LogP contribution in [-0.4, -0.2) is 45.5 Å². The Morgan fingerprint density at radius 3 is 2.70 bits per heavy atom. The molecule has 2 aromatic carbocycles. The molecule has 0 atom stereocenters. The smallest absolute Gasteiger partial charge is 0.233 e. The highest BCUT2D eigenvalue weighted by Gasteiger charge is 2.19. The lowest BCUT2D eigenvalue weighted by molar-refractivity contribution is -0.127. The molecule has 0 bridgehead atoms. The minimum atomic E-state index is -0.429. The number of para-hydroxylation sites is 1. The number of hydrogen-bond donors (Lipinski definition) is 0. The predicted octanol–water partition coefficient (Wildman–Crippen LogP) is 4.52. The van der Waals surface area contributed by atoms with Crippen LogP contribution >= 0.6 is 23.4 Å². The molecule has 0 spiro atoms. The average molecular weight is 449 g/mol. The molecule has 0 fully saturated rings. The molecule has 0 unspecified atom stereocenters. The molecule has 1 amide bonds. The van der Waals surface area contributed by atoms with Gasteiger partial charge in [-0.1, -0.05) is 41.6 Å². The zero-order chi connectivity index (χ0) is 21.7. The summed E-state index contributed by atoms with van der Waals surface area (Å²) in [4.78, 5) is 14.0. The fourth-order valence-electron chi connectivity index (χ4n) is 2.95. The van der Waals surface area contributed by atoms with Gasteiger partial charge in [0.1, 0.15) is 11.6 Å². The molecule has 0 aliphatic heterocycles. The third kappa shape index (κ3) is 4.76. The van der Waals surface area contributed by atoms with Crippen LogP contribution in [0.15, 0.2) is 47.6 Å². The van der Waals surface area contributed by atoms with Gasteiger partial charge in [0.25, 0.3) is 0 Å². The summed E-state index contributed by atoms with van der Waals surface area (Å²) in [6, 6.07) is 12.1. The molecule has 3 aromatic rings. The second kappa shape index (κ2) is 9.95. The molecule has 0 aliphatic rings. The van der Waals surface area contributed by atoms with E-state index in [1.54, 1.807) is 20.2 Å². The van der Waals surface area contributed by atoms with Gasteiger partial charge >= 0.3 is 0 Å². The van der Waals surface area contributed by atoms with E-state index >= 15 is 0 Å². The Balaban J connectivity index is 1.71. The number of benzene rings is 2. The van der Waals surface area contributed by atoms with Gasteiger partial charge in [-0.2, -0.15) is 0 Å². The minimum Gasteiger partial charge on any atom is -0.496 e. The van der Waals surface area contributed by atoms with E-state index in [1.807, 2.05) is 35.8 Å². The topological polar surface area (TPSA) is 60.2 Å². The third-order valence-electron chi connectivity index (χ3n) is 4.59. The summed E-state index contributed by atoms with van der Waals surface area (Å²) in [6.45, 7) is 2.72. The van der Waals surface area contributed by atoms with Crippen molar-refractivity contribution in [1.29, 1.82) is 0 Å². The van der Waals surface area contributed by atoms with Gasteiger partial charge in [0.05, 0.1) is 18.4 Å². The summed E-state index contributed by atoms with van der Waals surface area (Å²) < 4.78 is 21.3. The van der Waals surface area contributed by atoms with Gasteiger partial charge in [-0.15, -0.1) is 10.2 Å². The number of halogens is 2. The summed E-state index contributed by atoms with van der Waals surface area (Å²) in [6.07, 6.45) is 0. The van der Waals surface area contributed by atoms with E-state index in [0.717, 1.165) is 5.56 Å². The zero-order valence-electron chi connectivity index (χ0n) is 16.9. The van der Waals surface area contributed by atoms with Crippen molar-refractivity contribution in [3.8, 4) is 17.1 Å². The third-order valence-corrected chi connectivity index (χ3v) is 5.89. The van der Waals surface area contributed by atoms with Gasteiger partial charge in [-0.05, 0) is 31.2 Å². The molecule has 0 saturated heterocycles. The van der Waals surface area contributed by atoms with Gasteiger partial charge in [-0.3, -0.25) is 4.79 Å². The lowest BCUT2D eigenvalue weighted by atomic mass is 10.2. The van der Waals surface area contributed by atoms with Crippen molar-refractivity contribution in [3.63, 3.8) is 0 Å². The molecule has 6 nitrogen and oxygen atoms in total. The molecule has 1 aromatic heterocycles. The maximum atomic E-state index is 14.0. The molecule has 0 radical (unpaired) electrons. The summed E-state index contributed by atoms with van der Waals surface area (Å²) in [5.74, 6) is 0.933. The Morgan fingerprint density at radius 1 is 1.23 bits per heavy atom. The van der Waals surface area contributed by atoms with E-state index < -0.39 is 5.82 Å². The second-order valence-corrected chi connectivity index (χ2v) is 7.84. The van der Waals surface area contributed by atoms with Crippen LogP contribution in [0, 0.1) is 5.82 Å². The number of amides is 1. The molecular weight excluding hydrogens is 427 g/mol. The highest BCUT2D eigenvalue weighted by molar-refractivity contribution is 7.99. The summed E-state index contributed by atoms with van der Waals surface area (Å²) in [5.41, 5.74) is 1.13. The number of methoxy groups -OCH3 is 1. The van der Waals surface area contributed by atoms with Gasteiger partial charge in [-0.25, -0.2) is 4.39 Å². The number of thioether (sulfide) groups is 1. The van der Waals surface area contributed by atoms with E-state index in [2.05, 4.69) is 10.2 Å². The first-order chi connectivity index (χ1) is 14.5. The highest BCUT2D eigenvalue weighted by Crippen LogP contribution is 2.31. The monoisotopic (exact) mass is 448 g/mol. The first kappa shape index (κ1) is 22.1. The molecule has 9 heteroatoms. The second-order valence-electron chi connectivity index (χ2n) is 6.49. The van der Waals surface area contributed by atoms with Crippen molar-refractivity contribution in [2.45, 2.75) is 25.2 Å². The van der Waals surface area contributed by atoms with Gasteiger partial charge < -0.3 is 14.2 Å². The first-order valence-corrected chi connectivity index (χ1v) is 10.7. The standard InChI is InChI=1S/C21H22ClFN4O2S/c1-4-27-20(14-8-5-6-11-18(14)29-3)24-25-21(27)30-13-19(28)26(2)12-15-16(22)9-7-10-17(15)23/h5-11H,4,12-13H2,1-3H3. The summed E-state index contributed by atoms with van der Waals surface area (Å²) >= 11 is 7.35. The molecule has 158 valence electrons. The maximum absolute atomic E-state index is 14.0. The largest absolute Gasteiger partial charge is 0.496 e. The Hall–Kier alpha value is -2.58. The number of carbonyl (C=O) groups is 1. The van der Waals surface area contributed by atoms with Gasteiger partial charge in [0.2, 0.25) is 5.91 Å². The van der Waals surface area contributed by atoms with Crippen LogP contribution in [-0.2, 0) is 17.9 Å². The van der Waals surface area contributed by atoms with Crippen molar-refractivity contribution in [1.82, 2.24) is 19.7 Å². The number of hydrogen-bond acceptors (Lipinski definition) is 5. The fraction of sp³-hybridized carbons (Fsp3) is 0.286. The summed E-state index contributed by atoms with van der Waals surface area (Å²) in [5, 5.41) is 9.48. The van der Waals surface area contributed by atoms with Crippen molar-refractivity contribution in [3.05, 3.63) is 58.9 Å². The molecular formula is C21H22ClFN4O2S. The number of ether oxygens (including phenoxy) is 1. The molecule has 0 aliphatic carbocycles. The summed E-state index contributed by atoms with van der Waals surface area (Å²) in [7, 11) is 3.23. The SMILES string of the molecule is CCn1c(SCC(=O)N(C)Cc2c(F)cccc2Cl)nnc1-c1ccccc1OC. The van der Waals surface area contributed by atoms with Crippen LogP contribution in [0.1, 0.15) is 12.5 Å². The fourth-order valence-corrected chi connectivity index (χ4v) is 4.12. The zero-order valence-corrected chi connectivity index (χ0v) is 18.5. The van der Waals surface area contributed by atoms with Crippen LogP contribution in [0.5, 0.6) is 5.75 Å². The van der Waals surface area contributed by atoms with Gasteiger partial charge in [0.15, 0.2) is 11.0 Å². The normalized spacial score (nSPS) is 10.8. The van der Waals surface area contributed by atoms with Crippen molar-refractivity contribution >= 4 is 29.3 Å². The Bertz CT molecular complexity index is 1020. The number of rotatable bonds is 8. The van der Waals surface area contributed by atoms with Crippen LogP contribution < -0.4 is 4.74 Å². The number of nitrogens with zero attached hydrogens (tertiary/aromatic N) is 4. The maximum Gasteiger partial charge on any atom is 0.233 e. The van der Waals surface area contributed by atoms with Crippen LogP contribution in [0.2, 0.25) is 5.02 Å². The quantitative estimate of drug-likeness (QED) is 0.474. The minimum absolute atomic E-state index is 0.0951. The van der Waals surface area contributed by atoms with Crippen molar-refractivity contribution in [2.75, 3.05) is 19.9 Å². The Labute approximate surface area is 184 Å². The lowest BCUT2D eigenvalue weighted by Crippen LogP contribution is -2.28. The predicted molar refractivity (Wildman–Crippen MR) is 116 cm³/mol. The number of carbonyl (C=O) groups excluding carboxylic acids is 1. The number of aromatic nitrogens is 3. The molecule has 0 saturated carbocycles. The van der Waals surface area contributed by atoms with E-state index in [0.29, 0.717) is 33.9 Å². The Morgan fingerprint density at radius 2 is 2.00 bits per heavy atom. The van der Waals surface area contributed by atoms with E-state index in [4.69, 9.17) is 16.3 Å². The Kier molecular flexibility index (Phi) is 7.33. The van der Waals surface area contributed by atoms with E-state index in [9.17, 15) is 9.18 Å². The molecule has 1 heterocycles. The van der Waals surface area contributed by atoms with Crippen LogP contribution in [0.4, 0.5) is 4.39 Å². The van der Waals surface area contributed by atoms with Crippen LogP contribution in [0.3, 0.4) is 0 Å². The van der Waals surface area contributed by atoms with E-state index in [1.165, 1.54) is 28.8 Å².